The number of benzene rings is 1. The first-order valence-corrected chi connectivity index (χ1v) is 8.37. The van der Waals surface area contributed by atoms with E-state index in [1.165, 1.54) is 12.0 Å². The first-order valence-electron chi connectivity index (χ1n) is 8.37. The molecule has 0 aliphatic rings. The number of nitrogens with zero attached hydrogens (tertiary/aromatic N) is 3. The highest BCUT2D eigenvalue weighted by Gasteiger charge is 2.26. The van der Waals surface area contributed by atoms with Crippen LogP contribution in [-0.2, 0) is 9.53 Å². The zero-order chi connectivity index (χ0) is 20.7. The van der Waals surface area contributed by atoms with Crippen LogP contribution in [0.15, 0.2) is 18.2 Å². The zero-order valence-electron chi connectivity index (χ0n) is 15.7. The molecule has 0 saturated heterocycles. The molecule has 0 heterocycles. The Labute approximate surface area is 156 Å². The lowest BCUT2D eigenvalue weighted by atomic mass is 10.1. The number of esters is 1. The Kier molecular flexibility index (Phi) is 7.82. The smallest absolute Gasteiger partial charge is 0.310 e. The van der Waals surface area contributed by atoms with E-state index in [-0.39, 0.29) is 18.0 Å². The number of nitro benzene ring substituents is 2. The fraction of sp³-hybridized carbons (Fsp3) is 0.529. The minimum Gasteiger partial charge on any atom is -0.469 e. The van der Waals surface area contributed by atoms with E-state index >= 15 is 0 Å². The van der Waals surface area contributed by atoms with Gasteiger partial charge in [-0.2, -0.15) is 0 Å². The summed E-state index contributed by atoms with van der Waals surface area (Å²) in [5.74, 6) is -1.45. The third-order valence-electron chi connectivity index (χ3n) is 3.93. The summed E-state index contributed by atoms with van der Waals surface area (Å²) >= 11 is 0. The van der Waals surface area contributed by atoms with Crippen LogP contribution in [-0.4, -0.2) is 46.8 Å². The van der Waals surface area contributed by atoms with E-state index in [1.807, 2.05) is 13.8 Å². The van der Waals surface area contributed by atoms with Gasteiger partial charge in [0.1, 0.15) is 0 Å². The Morgan fingerprint density at radius 3 is 2.00 bits per heavy atom. The van der Waals surface area contributed by atoms with Gasteiger partial charge in [0.05, 0.1) is 34.5 Å². The number of carbonyl (C=O) groups is 2. The van der Waals surface area contributed by atoms with Crippen LogP contribution >= 0.6 is 0 Å². The number of rotatable bonds is 9. The predicted molar refractivity (Wildman–Crippen MR) is 96.3 cm³/mol. The van der Waals surface area contributed by atoms with Gasteiger partial charge < -0.3 is 9.64 Å². The van der Waals surface area contributed by atoms with Crippen LogP contribution in [0.3, 0.4) is 0 Å². The summed E-state index contributed by atoms with van der Waals surface area (Å²) in [6.45, 7) is 5.86. The Bertz CT molecular complexity index is 701. The SMILES string of the molecule is COC(=O)C(C)CN(CCC(C)C)C(=O)c1cc([N+](=O)[O-])cc([N+](=O)[O-])c1. The van der Waals surface area contributed by atoms with Crippen molar-refractivity contribution in [1.82, 2.24) is 4.90 Å². The van der Waals surface area contributed by atoms with Gasteiger partial charge in [0.2, 0.25) is 0 Å². The lowest BCUT2D eigenvalue weighted by molar-refractivity contribution is -0.394. The fourth-order valence-electron chi connectivity index (χ4n) is 2.41. The van der Waals surface area contributed by atoms with Crippen LogP contribution in [0.5, 0.6) is 0 Å². The molecule has 0 saturated carbocycles. The van der Waals surface area contributed by atoms with Gasteiger partial charge >= 0.3 is 5.97 Å². The van der Waals surface area contributed by atoms with Crippen LogP contribution in [0.1, 0.15) is 37.6 Å². The number of nitro groups is 2. The van der Waals surface area contributed by atoms with E-state index in [9.17, 15) is 29.8 Å². The van der Waals surface area contributed by atoms with Crippen molar-refractivity contribution in [2.24, 2.45) is 11.8 Å². The summed E-state index contributed by atoms with van der Waals surface area (Å²) in [6, 6.07) is 2.80. The van der Waals surface area contributed by atoms with Crippen molar-refractivity contribution in [2.75, 3.05) is 20.2 Å². The molecule has 1 rings (SSSR count). The summed E-state index contributed by atoms with van der Waals surface area (Å²) < 4.78 is 4.67. The second kappa shape index (κ2) is 9.60. The quantitative estimate of drug-likeness (QED) is 0.365. The van der Waals surface area contributed by atoms with Gasteiger partial charge in [-0.05, 0) is 12.3 Å². The Balaban J connectivity index is 3.24. The zero-order valence-corrected chi connectivity index (χ0v) is 15.7. The van der Waals surface area contributed by atoms with E-state index in [0.717, 1.165) is 18.2 Å². The Morgan fingerprint density at radius 1 is 1.07 bits per heavy atom. The molecule has 0 fully saturated rings. The average molecular weight is 381 g/mol. The normalized spacial score (nSPS) is 11.7. The molecule has 0 spiro atoms. The number of non-ortho nitro benzene ring substituents is 2. The van der Waals surface area contributed by atoms with E-state index < -0.39 is 39.0 Å². The fourth-order valence-corrected chi connectivity index (χ4v) is 2.41. The largest absolute Gasteiger partial charge is 0.469 e. The standard InChI is InChI=1S/C17H23N3O7/c1-11(2)5-6-18(10-12(3)17(22)27-4)16(21)13-7-14(19(23)24)9-15(8-13)20(25)26/h7-9,11-12H,5-6,10H2,1-4H3. The number of ether oxygens (including phenoxy) is 1. The molecule has 0 bridgehead atoms. The predicted octanol–water partition coefficient (Wildman–Crippen LogP) is 2.80. The monoisotopic (exact) mass is 381 g/mol. The third kappa shape index (κ3) is 6.32. The van der Waals surface area contributed by atoms with E-state index in [1.54, 1.807) is 6.92 Å². The number of carbonyl (C=O) groups excluding carboxylic acids is 2. The highest BCUT2D eigenvalue weighted by molar-refractivity contribution is 5.96. The van der Waals surface area contributed by atoms with Crippen molar-refractivity contribution in [3.63, 3.8) is 0 Å². The topological polar surface area (TPSA) is 133 Å². The lowest BCUT2D eigenvalue weighted by Crippen LogP contribution is -2.38. The molecule has 1 aromatic rings. The minimum atomic E-state index is -0.792. The molecule has 10 nitrogen and oxygen atoms in total. The molecular formula is C17H23N3O7. The molecule has 27 heavy (non-hydrogen) atoms. The first-order chi connectivity index (χ1) is 12.6. The number of hydrogen-bond acceptors (Lipinski definition) is 7. The van der Waals surface area contributed by atoms with Crippen LogP contribution in [0.25, 0.3) is 0 Å². The molecule has 148 valence electrons. The van der Waals surface area contributed by atoms with Crippen LogP contribution in [0.2, 0.25) is 0 Å². The van der Waals surface area contributed by atoms with E-state index in [0.29, 0.717) is 13.0 Å². The van der Waals surface area contributed by atoms with Gasteiger partial charge in [-0.3, -0.25) is 29.8 Å². The van der Waals surface area contributed by atoms with Gasteiger partial charge in [-0.15, -0.1) is 0 Å². The van der Waals surface area contributed by atoms with Crippen molar-refractivity contribution in [3.8, 4) is 0 Å². The van der Waals surface area contributed by atoms with Gasteiger partial charge in [-0.25, -0.2) is 0 Å². The number of hydrogen-bond donors (Lipinski definition) is 0. The van der Waals surface area contributed by atoms with Gasteiger partial charge in [0, 0.05) is 25.2 Å². The lowest BCUT2D eigenvalue weighted by Gasteiger charge is -2.26. The molecule has 0 N–H and O–H groups in total. The second-order valence-corrected chi connectivity index (χ2v) is 6.61. The van der Waals surface area contributed by atoms with Gasteiger partial charge in [0.25, 0.3) is 17.3 Å². The summed E-state index contributed by atoms with van der Waals surface area (Å²) in [5.41, 5.74) is -1.26. The molecule has 0 aliphatic heterocycles. The highest BCUT2D eigenvalue weighted by atomic mass is 16.6. The highest BCUT2D eigenvalue weighted by Crippen LogP contribution is 2.24. The molecule has 0 radical (unpaired) electrons. The van der Waals surface area contributed by atoms with Crippen molar-refractivity contribution in [1.29, 1.82) is 0 Å². The molecule has 0 aliphatic carbocycles. The third-order valence-corrected chi connectivity index (χ3v) is 3.93. The minimum absolute atomic E-state index is 0.0364. The Hall–Kier alpha value is -3.04. The summed E-state index contributed by atoms with van der Waals surface area (Å²) in [4.78, 5) is 46.4. The molecule has 0 aromatic heterocycles. The Morgan fingerprint density at radius 2 is 1.59 bits per heavy atom. The van der Waals surface area contributed by atoms with Gasteiger partial charge in [0.15, 0.2) is 0 Å². The molecule has 1 unspecified atom stereocenters. The van der Waals surface area contributed by atoms with Crippen molar-refractivity contribution in [2.45, 2.75) is 27.2 Å². The number of amides is 1. The molecule has 10 heteroatoms. The maximum atomic E-state index is 12.9. The molecule has 1 amide bonds. The van der Waals surface area contributed by atoms with Crippen LogP contribution in [0.4, 0.5) is 11.4 Å². The van der Waals surface area contributed by atoms with Crippen molar-refractivity contribution < 1.29 is 24.2 Å². The first kappa shape index (κ1) is 22.0. The maximum absolute atomic E-state index is 12.9. The summed E-state index contributed by atoms with van der Waals surface area (Å²) in [6.07, 6.45) is 0.636. The molecule has 1 aromatic carbocycles. The number of methoxy groups -OCH3 is 1. The van der Waals surface area contributed by atoms with Crippen LogP contribution < -0.4 is 0 Å². The van der Waals surface area contributed by atoms with E-state index in [2.05, 4.69) is 4.74 Å². The second-order valence-electron chi connectivity index (χ2n) is 6.61. The van der Waals surface area contributed by atoms with Crippen LogP contribution in [0, 0.1) is 32.1 Å². The molecule has 1 atom stereocenters. The van der Waals surface area contributed by atoms with Gasteiger partial charge in [-0.1, -0.05) is 20.8 Å². The van der Waals surface area contributed by atoms with Crippen molar-refractivity contribution >= 4 is 23.3 Å². The molecular weight excluding hydrogens is 358 g/mol. The average Bonchev–Trinajstić information content (AvgIpc) is 2.62. The van der Waals surface area contributed by atoms with Crippen molar-refractivity contribution in [3.05, 3.63) is 44.0 Å². The summed E-state index contributed by atoms with van der Waals surface area (Å²) in [7, 11) is 1.24. The summed E-state index contributed by atoms with van der Waals surface area (Å²) in [5, 5.41) is 22.1. The van der Waals surface area contributed by atoms with E-state index in [4.69, 9.17) is 0 Å². The maximum Gasteiger partial charge on any atom is 0.310 e.